The molecule has 0 aromatic carbocycles. The summed E-state index contributed by atoms with van der Waals surface area (Å²) >= 11 is 0. The van der Waals surface area contributed by atoms with Crippen molar-refractivity contribution in [1.29, 1.82) is 0 Å². The average Bonchev–Trinajstić information content (AvgIpc) is 2.91. The molecule has 0 atom stereocenters. The third-order valence-corrected chi connectivity index (χ3v) is 3.53. The van der Waals surface area contributed by atoms with Gasteiger partial charge in [0.05, 0.1) is 18.9 Å². The number of hydrogen-bond donors (Lipinski definition) is 3. The van der Waals surface area contributed by atoms with Gasteiger partial charge in [0.25, 0.3) is 0 Å². The summed E-state index contributed by atoms with van der Waals surface area (Å²) in [5, 5.41) is 28.4. The molecule has 0 spiro atoms. The van der Waals surface area contributed by atoms with Gasteiger partial charge < -0.3 is 19.9 Å². The Kier molecular flexibility index (Phi) is 4.57. The predicted molar refractivity (Wildman–Crippen MR) is 69.9 cm³/mol. The fourth-order valence-corrected chi connectivity index (χ4v) is 2.56. The molecule has 19 heavy (non-hydrogen) atoms. The van der Waals surface area contributed by atoms with Crippen molar-refractivity contribution in [3.05, 3.63) is 27.7 Å². The molecule has 1 aromatic rings. The highest BCUT2D eigenvalue weighted by Crippen LogP contribution is 2.19. The van der Waals surface area contributed by atoms with Crippen LogP contribution in [0, 0.1) is 0 Å². The number of aromatic hydroxyl groups is 1. The highest BCUT2D eigenvalue weighted by molar-refractivity contribution is 5.30. The molecule has 6 heteroatoms. The van der Waals surface area contributed by atoms with Crippen LogP contribution in [0.5, 0.6) is 5.75 Å². The first kappa shape index (κ1) is 14.0. The standard InChI is InChI=1S/C13H20N2O4/c16-6-5-15-10(9-17)7-12(18)13(19)11(15)8-14-3-1-2-4-14/h7,16-17,19H,1-6,8-9H2. The van der Waals surface area contributed by atoms with Crippen molar-refractivity contribution >= 4 is 0 Å². The lowest BCUT2D eigenvalue weighted by molar-refractivity contribution is 0.238. The predicted octanol–water partition coefficient (Wildman–Crippen LogP) is -0.366. The summed E-state index contributed by atoms with van der Waals surface area (Å²) in [4.78, 5) is 13.9. The van der Waals surface area contributed by atoms with Gasteiger partial charge in [-0.3, -0.25) is 9.69 Å². The summed E-state index contributed by atoms with van der Waals surface area (Å²) in [6.07, 6.45) is 2.23. The zero-order valence-electron chi connectivity index (χ0n) is 10.9. The van der Waals surface area contributed by atoms with Crippen LogP contribution < -0.4 is 5.43 Å². The van der Waals surface area contributed by atoms with Crippen LogP contribution in [0.3, 0.4) is 0 Å². The van der Waals surface area contributed by atoms with Crippen LogP contribution in [0.15, 0.2) is 10.9 Å². The van der Waals surface area contributed by atoms with Gasteiger partial charge in [-0.25, -0.2) is 0 Å². The Labute approximate surface area is 111 Å². The summed E-state index contributed by atoms with van der Waals surface area (Å²) in [7, 11) is 0. The number of pyridine rings is 1. The number of aliphatic hydroxyl groups excluding tert-OH is 2. The maximum absolute atomic E-state index is 11.7. The summed E-state index contributed by atoms with van der Waals surface area (Å²) in [5.41, 5.74) is 0.422. The largest absolute Gasteiger partial charge is 0.503 e. The highest BCUT2D eigenvalue weighted by Gasteiger charge is 2.19. The third kappa shape index (κ3) is 2.97. The number of aliphatic hydroxyl groups is 2. The SMILES string of the molecule is O=c1cc(CO)n(CCO)c(CN2CCCC2)c1O. The van der Waals surface area contributed by atoms with E-state index in [0.717, 1.165) is 25.9 Å². The molecule has 0 bridgehead atoms. The van der Waals surface area contributed by atoms with E-state index in [-0.39, 0.29) is 25.5 Å². The second-order valence-electron chi connectivity index (χ2n) is 4.81. The Morgan fingerprint density at radius 3 is 2.47 bits per heavy atom. The topological polar surface area (TPSA) is 85.9 Å². The van der Waals surface area contributed by atoms with Crippen molar-refractivity contribution < 1.29 is 15.3 Å². The molecule has 0 aliphatic carbocycles. The smallest absolute Gasteiger partial charge is 0.223 e. The summed E-state index contributed by atoms with van der Waals surface area (Å²) in [6, 6.07) is 1.22. The molecule has 0 amide bonds. The molecule has 106 valence electrons. The van der Waals surface area contributed by atoms with Crippen LogP contribution in [-0.4, -0.2) is 44.5 Å². The Balaban J connectivity index is 2.41. The second-order valence-corrected chi connectivity index (χ2v) is 4.81. The van der Waals surface area contributed by atoms with Gasteiger partial charge in [-0.2, -0.15) is 0 Å². The van der Waals surface area contributed by atoms with E-state index in [2.05, 4.69) is 4.90 Å². The van der Waals surface area contributed by atoms with Gasteiger partial charge in [0.15, 0.2) is 5.75 Å². The van der Waals surface area contributed by atoms with Crippen LogP contribution >= 0.6 is 0 Å². The molecule has 6 nitrogen and oxygen atoms in total. The van der Waals surface area contributed by atoms with Crippen molar-refractivity contribution in [3.8, 4) is 5.75 Å². The molecule has 0 unspecified atom stereocenters. The minimum atomic E-state index is -0.479. The van der Waals surface area contributed by atoms with E-state index in [1.54, 1.807) is 4.57 Å². The Hall–Kier alpha value is -1.37. The third-order valence-electron chi connectivity index (χ3n) is 3.53. The lowest BCUT2D eigenvalue weighted by atomic mass is 10.2. The van der Waals surface area contributed by atoms with Gasteiger partial charge in [0.1, 0.15) is 0 Å². The first-order valence-corrected chi connectivity index (χ1v) is 6.56. The lowest BCUT2D eigenvalue weighted by Gasteiger charge is -2.22. The summed E-state index contributed by atoms with van der Waals surface area (Å²) in [5.74, 6) is -0.280. The number of aromatic nitrogens is 1. The highest BCUT2D eigenvalue weighted by atomic mass is 16.3. The molecule has 1 aliphatic rings. The molecular weight excluding hydrogens is 248 g/mol. The second kappa shape index (κ2) is 6.18. The van der Waals surface area contributed by atoms with E-state index in [9.17, 15) is 15.0 Å². The molecular formula is C13H20N2O4. The first-order chi connectivity index (χ1) is 9.17. The normalized spacial score (nSPS) is 16.1. The van der Waals surface area contributed by atoms with Gasteiger partial charge >= 0.3 is 0 Å². The van der Waals surface area contributed by atoms with Crippen LogP contribution in [0.4, 0.5) is 0 Å². The molecule has 2 rings (SSSR count). The average molecular weight is 268 g/mol. The minimum Gasteiger partial charge on any atom is -0.503 e. The van der Waals surface area contributed by atoms with E-state index in [4.69, 9.17) is 5.11 Å². The van der Waals surface area contributed by atoms with E-state index < -0.39 is 5.43 Å². The Morgan fingerprint density at radius 2 is 1.89 bits per heavy atom. The maximum Gasteiger partial charge on any atom is 0.223 e. The van der Waals surface area contributed by atoms with Crippen molar-refractivity contribution in [3.63, 3.8) is 0 Å². The van der Waals surface area contributed by atoms with Gasteiger partial charge in [-0.1, -0.05) is 0 Å². The van der Waals surface area contributed by atoms with Gasteiger partial charge in [-0.15, -0.1) is 0 Å². The molecule has 3 N–H and O–H groups in total. The molecule has 1 saturated heterocycles. The number of hydrogen-bond acceptors (Lipinski definition) is 5. The van der Waals surface area contributed by atoms with E-state index >= 15 is 0 Å². The van der Waals surface area contributed by atoms with Crippen LogP contribution in [-0.2, 0) is 19.7 Å². The van der Waals surface area contributed by atoms with Crippen molar-refractivity contribution in [2.24, 2.45) is 0 Å². The fraction of sp³-hybridized carbons (Fsp3) is 0.615. The van der Waals surface area contributed by atoms with Crippen LogP contribution in [0.25, 0.3) is 0 Å². The molecule has 0 radical (unpaired) electrons. The monoisotopic (exact) mass is 268 g/mol. The zero-order chi connectivity index (χ0) is 13.8. The van der Waals surface area contributed by atoms with Crippen molar-refractivity contribution in [2.45, 2.75) is 32.5 Å². The van der Waals surface area contributed by atoms with E-state index in [1.165, 1.54) is 6.07 Å². The Morgan fingerprint density at radius 1 is 1.21 bits per heavy atom. The molecule has 0 saturated carbocycles. The lowest BCUT2D eigenvalue weighted by Crippen LogP contribution is -2.26. The fourth-order valence-electron chi connectivity index (χ4n) is 2.56. The van der Waals surface area contributed by atoms with Gasteiger partial charge in [-0.05, 0) is 25.9 Å². The zero-order valence-corrected chi connectivity index (χ0v) is 10.9. The summed E-state index contributed by atoms with van der Waals surface area (Å²) in [6.45, 7) is 2.21. The van der Waals surface area contributed by atoms with Gasteiger partial charge in [0.2, 0.25) is 5.43 Å². The maximum atomic E-state index is 11.7. The minimum absolute atomic E-state index is 0.109. The van der Waals surface area contributed by atoms with E-state index in [0.29, 0.717) is 17.9 Å². The molecule has 2 heterocycles. The van der Waals surface area contributed by atoms with Crippen molar-refractivity contribution in [1.82, 2.24) is 9.47 Å². The first-order valence-electron chi connectivity index (χ1n) is 6.56. The van der Waals surface area contributed by atoms with Crippen LogP contribution in [0.1, 0.15) is 24.2 Å². The molecule has 1 fully saturated rings. The number of likely N-dealkylation sites (tertiary alicyclic amines) is 1. The number of nitrogens with zero attached hydrogens (tertiary/aromatic N) is 2. The van der Waals surface area contributed by atoms with Gasteiger partial charge in [0, 0.05) is 24.8 Å². The number of rotatable bonds is 5. The quantitative estimate of drug-likeness (QED) is 0.678. The summed E-state index contributed by atoms with van der Waals surface area (Å²) < 4.78 is 1.63. The molecule has 1 aromatic heterocycles. The van der Waals surface area contributed by atoms with E-state index in [1.807, 2.05) is 0 Å². The van der Waals surface area contributed by atoms with Crippen molar-refractivity contribution in [2.75, 3.05) is 19.7 Å². The molecule has 1 aliphatic heterocycles. The Bertz CT molecular complexity index is 492. The van der Waals surface area contributed by atoms with Crippen LogP contribution in [0.2, 0.25) is 0 Å².